The maximum absolute atomic E-state index is 13.5. The van der Waals surface area contributed by atoms with Gasteiger partial charge in [-0.25, -0.2) is 4.39 Å². The lowest BCUT2D eigenvalue weighted by Gasteiger charge is -2.15. The Kier molecular flexibility index (Phi) is 4.12. The molecule has 4 nitrogen and oxygen atoms in total. The van der Waals surface area contributed by atoms with Crippen molar-refractivity contribution in [2.75, 3.05) is 0 Å². The van der Waals surface area contributed by atoms with Crippen molar-refractivity contribution in [1.82, 2.24) is 5.32 Å². The third-order valence-electron chi connectivity index (χ3n) is 3.21. The molecule has 21 heavy (non-hydrogen) atoms. The van der Waals surface area contributed by atoms with Crippen LogP contribution in [0.25, 0.3) is 0 Å². The van der Waals surface area contributed by atoms with Gasteiger partial charge in [0.1, 0.15) is 17.3 Å². The van der Waals surface area contributed by atoms with Crippen molar-refractivity contribution in [1.29, 1.82) is 0 Å². The van der Waals surface area contributed by atoms with Crippen molar-refractivity contribution in [2.45, 2.75) is 19.9 Å². The van der Waals surface area contributed by atoms with E-state index in [9.17, 15) is 19.4 Å². The summed E-state index contributed by atoms with van der Waals surface area (Å²) in [6.45, 7) is 3.39. The number of rotatable bonds is 3. The lowest BCUT2D eigenvalue weighted by atomic mass is 10.1. The van der Waals surface area contributed by atoms with E-state index in [1.807, 2.05) is 0 Å². The van der Waals surface area contributed by atoms with Crippen molar-refractivity contribution in [3.8, 4) is 11.5 Å². The summed E-state index contributed by atoms with van der Waals surface area (Å²) < 4.78 is 13.5. The second-order valence-electron chi connectivity index (χ2n) is 4.94. The first-order valence-corrected chi connectivity index (χ1v) is 6.47. The summed E-state index contributed by atoms with van der Waals surface area (Å²) >= 11 is 0. The van der Waals surface area contributed by atoms with Crippen molar-refractivity contribution in [3.63, 3.8) is 0 Å². The number of carbonyl (C=O) groups excluding carboxylic acids is 1. The van der Waals surface area contributed by atoms with Crippen molar-refractivity contribution in [3.05, 3.63) is 58.9 Å². The van der Waals surface area contributed by atoms with Crippen LogP contribution in [0, 0.1) is 12.7 Å². The summed E-state index contributed by atoms with van der Waals surface area (Å²) in [6.07, 6.45) is 0. The van der Waals surface area contributed by atoms with Gasteiger partial charge in [0, 0.05) is 11.6 Å². The first kappa shape index (κ1) is 14.8. The molecule has 0 fully saturated rings. The minimum Gasteiger partial charge on any atom is -0.508 e. The molecule has 1 unspecified atom stereocenters. The largest absolute Gasteiger partial charge is 0.508 e. The maximum Gasteiger partial charge on any atom is 0.252 e. The Balaban J connectivity index is 2.16. The molecule has 2 aromatic rings. The molecule has 1 atom stereocenters. The monoisotopic (exact) mass is 289 g/mol. The average molecular weight is 289 g/mol. The van der Waals surface area contributed by atoms with Crippen LogP contribution in [0.15, 0.2) is 36.4 Å². The van der Waals surface area contributed by atoms with Gasteiger partial charge in [-0.05, 0) is 43.2 Å². The zero-order valence-electron chi connectivity index (χ0n) is 11.7. The Morgan fingerprint density at radius 1 is 1.14 bits per heavy atom. The lowest BCUT2D eigenvalue weighted by molar-refractivity contribution is 0.0939. The Morgan fingerprint density at radius 2 is 1.76 bits per heavy atom. The van der Waals surface area contributed by atoms with E-state index in [4.69, 9.17) is 0 Å². The van der Waals surface area contributed by atoms with Crippen molar-refractivity contribution >= 4 is 5.91 Å². The van der Waals surface area contributed by atoms with Crippen LogP contribution >= 0.6 is 0 Å². The second kappa shape index (κ2) is 5.83. The number of halogens is 1. The predicted molar refractivity (Wildman–Crippen MR) is 76.8 cm³/mol. The number of hydrogen-bond acceptors (Lipinski definition) is 3. The summed E-state index contributed by atoms with van der Waals surface area (Å²) in [5, 5.41) is 21.4. The number of carbonyl (C=O) groups is 1. The van der Waals surface area contributed by atoms with E-state index in [2.05, 4.69) is 5.32 Å². The topological polar surface area (TPSA) is 69.6 Å². The lowest BCUT2D eigenvalue weighted by Crippen LogP contribution is -2.26. The molecule has 0 bridgehead atoms. The number of phenolic OH excluding ortho intramolecular Hbond substituents is 2. The SMILES string of the molecule is Cc1ccc(C(C)NC(=O)c2cc(O)cc(O)c2)cc1F. The standard InChI is InChI=1S/C16H16FNO3/c1-9-3-4-11(7-15(9)17)10(2)18-16(21)12-5-13(19)8-14(20)6-12/h3-8,10,19-20H,1-2H3,(H,18,21). The van der Waals surface area contributed by atoms with E-state index in [0.29, 0.717) is 11.1 Å². The fourth-order valence-electron chi connectivity index (χ4n) is 1.97. The zero-order valence-corrected chi connectivity index (χ0v) is 11.7. The fourth-order valence-corrected chi connectivity index (χ4v) is 1.97. The van der Waals surface area contributed by atoms with Gasteiger partial charge in [-0.3, -0.25) is 4.79 Å². The Bertz CT molecular complexity index is 665. The van der Waals surface area contributed by atoms with E-state index < -0.39 is 11.9 Å². The summed E-state index contributed by atoms with van der Waals surface area (Å²) in [6, 6.07) is 7.98. The van der Waals surface area contributed by atoms with Gasteiger partial charge in [0.25, 0.3) is 5.91 Å². The highest BCUT2D eigenvalue weighted by Crippen LogP contribution is 2.22. The quantitative estimate of drug-likeness (QED) is 0.813. The van der Waals surface area contributed by atoms with Crippen molar-refractivity contribution < 1.29 is 19.4 Å². The number of phenols is 2. The first-order chi connectivity index (χ1) is 9.86. The predicted octanol–water partition coefficient (Wildman–Crippen LogP) is 3.04. The van der Waals surface area contributed by atoms with E-state index in [1.165, 1.54) is 18.2 Å². The number of amides is 1. The molecule has 0 aliphatic carbocycles. The molecule has 0 aromatic heterocycles. The van der Waals surface area contributed by atoms with Gasteiger partial charge in [-0.2, -0.15) is 0 Å². The van der Waals surface area contributed by atoms with Gasteiger partial charge in [0.05, 0.1) is 6.04 Å². The highest BCUT2D eigenvalue weighted by Gasteiger charge is 2.14. The fraction of sp³-hybridized carbons (Fsp3) is 0.188. The van der Waals surface area contributed by atoms with Gasteiger partial charge in [0.2, 0.25) is 0 Å². The third-order valence-corrected chi connectivity index (χ3v) is 3.21. The number of hydrogen-bond donors (Lipinski definition) is 3. The number of aryl methyl sites for hydroxylation is 1. The molecule has 0 radical (unpaired) electrons. The van der Waals surface area contributed by atoms with Crippen LogP contribution in [0.3, 0.4) is 0 Å². The minimum atomic E-state index is -0.463. The van der Waals surface area contributed by atoms with E-state index in [-0.39, 0.29) is 22.9 Å². The summed E-state index contributed by atoms with van der Waals surface area (Å²) in [5.74, 6) is -1.19. The summed E-state index contributed by atoms with van der Waals surface area (Å²) in [5.41, 5.74) is 1.30. The van der Waals surface area contributed by atoms with Crippen LogP contribution in [-0.2, 0) is 0 Å². The van der Waals surface area contributed by atoms with Crippen LogP contribution in [0.5, 0.6) is 11.5 Å². The second-order valence-corrected chi connectivity index (χ2v) is 4.94. The van der Waals surface area contributed by atoms with Crippen LogP contribution < -0.4 is 5.32 Å². The van der Waals surface area contributed by atoms with Crippen LogP contribution in [0.1, 0.15) is 34.5 Å². The van der Waals surface area contributed by atoms with Gasteiger partial charge in [-0.1, -0.05) is 12.1 Å². The Hall–Kier alpha value is -2.56. The molecule has 1 amide bonds. The smallest absolute Gasteiger partial charge is 0.252 e. The summed E-state index contributed by atoms with van der Waals surface area (Å²) in [7, 11) is 0. The Labute approximate surface area is 121 Å². The maximum atomic E-state index is 13.5. The third kappa shape index (κ3) is 3.51. The van der Waals surface area contributed by atoms with Gasteiger partial charge in [-0.15, -0.1) is 0 Å². The van der Waals surface area contributed by atoms with Crippen molar-refractivity contribution in [2.24, 2.45) is 0 Å². The molecule has 0 aliphatic rings. The number of aromatic hydroxyl groups is 2. The molecule has 3 N–H and O–H groups in total. The highest BCUT2D eigenvalue weighted by atomic mass is 19.1. The van der Waals surface area contributed by atoms with E-state index in [1.54, 1.807) is 26.0 Å². The van der Waals surface area contributed by atoms with Gasteiger partial charge >= 0.3 is 0 Å². The van der Waals surface area contributed by atoms with Crippen LogP contribution in [-0.4, -0.2) is 16.1 Å². The van der Waals surface area contributed by atoms with E-state index >= 15 is 0 Å². The Morgan fingerprint density at radius 3 is 2.33 bits per heavy atom. The molecule has 2 aromatic carbocycles. The first-order valence-electron chi connectivity index (χ1n) is 6.47. The minimum absolute atomic E-state index is 0.131. The normalized spacial score (nSPS) is 12.0. The molecular weight excluding hydrogens is 273 g/mol. The van der Waals surface area contributed by atoms with Crippen LogP contribution in [0.2, 0.25) is 0 Å². The van der Waals surface area contributed by atoms with Gasteiger partial charge in [0.15, 0.2) is 0 Å². The van der Waals surface area contributed by atoms with Crippen LogP contribution in [0.4, 0.5) is 4.39 Å². The highest BCUT2D eigenvalue weighted by molar-refractivity contribution is 5.95. The van der Waals surface area contributed by atoms with E-state index in [0.717, 1.165) is 6.07 Å². The molecule has 110 valence electrons. The number of benzene rings is 2. The zero-order chi connectivity index (χ0) is 15.6. The molecule has 0 saturated heterocycles. The molecule has 5 heteroatoms. The average Bonchev–Trinajstić information content (AvgIpc) is 2.40. The van der Waals surface area contributed by atoms with Gasteiger partial charge < -0.3 is 15.5 Å². The number of nitrogens with one attached hydrogen (secondary N) is 1. The molecular formula is C16H16FNO3. The molecule has 0 heterocycles. The molecule has 2 rings (SSSR count). The summed E-state index contributed by atoms with van der Waals surface area (Å²) in [4.78, 5) is 12.1. The molecule has 0 saturated carbocycles. The molecule has 0 spiro atoms. The molecule has 0 aliphatic heterocycles.